The lowest BCUT2D eigenvalue weighted by Gasteiger charge is -2.37. The third-order valence-corrected chi connectivity index (χ3v) is 5.30. The fraction of sp³-hybridized carbons (Fsp3) is 0.381. The van der Waals surface area contributed by atoms with Gasteiger partial charge in [0.25, 0.3) is 0 Å². The van der Waals surface area contributed by atoms with Crippen molar-refractivity contribution >= 4 is 11.6 Å². The molecule has 130 valence electrons. The SMILES string of the molecule is O=C(C(c1ccccc1)C1CC1)N1CCN(c2ccccc2F)CC1. The Balaban J connectivity index is 1.45. The molecule has 2 aromatic carbocycles. The monoisotopic (exact) mass is 338 g/mol. The van der Waals surface area contributed by atoms with Crippen molar-refractivity contribution in [1.82, 2.24) is 4.90 Å². The van der Waals surface area contributed by atoms with Crippen LogP contribution in [0.5, 0.6) is 0 Å². The van der Waals surface area contributed by atoms with E-state index >= 15 is 0 Å². The Labute approximate surface area is 148 Å². The van der Waals surface area contributed by atoms with Crippen molar-refractivity contribution in [3.8, 4) is 0 Å². The zero-order valence-electron chi connectivity index (χ0n) is 14.3. The van der Waals surface area contributed by atoms with Crippen LogP contribution in [0.1, 0.15) is 24.3 Å². The van der Waals surface area contributed by atoms with Crippen molar-refractivity contribution in [3.63, 3.8) is 0 Å². The van der Waals surface area contributed by atoms with Gasteiger partial charge in [0.2, 0.25) is 5.91 Å². The van der Waals surface area contributed by atoms with Gasteiger partial charge in [-0.2, -0.15) is 0 Å². The molecule has 1 unspecified atom stereocenters. The van der Waals surface area contributed by atoms with E-state index in [2.05, 4.69) is 12.1 Å². The smallest absolute Gasteiger partial charge is 0.230 e. The Morgan fingerprint density at radius 1 is 0.920 bits per heavy atom. The lowest BCUT2D eigenvalue weighted by Crippen LogP contribution is -2.50. The maximum absolute atomic E-state index is 14.0. The van der Waals surface area contributed by atoms with Gasteiger partial charge >= 0.3 is 0 Å². The van der Waals surface area contributed by atoms with Crippen LogP contribution in [0, 0.1) is 11.7 Å². The highest BCUT2D eigenvalue weighted by Gasteiger charge is 2.39. The molecule has 4 heteroatoms. The second-order valence-electron chi connectivity index (χ2n) is 6.99. The molecule has 2 aromatic rings. The maximum atomic E-state index is 14.0. The average molecular weight is 338 g/mol. The molecule has 0 radical (unpaired) electrons. The van der Waals surface area contributed by atoms with Gasteiger partial charge in [0.15, 0.2) is 0 Å². The Bertz CT molecular complexity index is 737. The molecule has 2 aliphatic rings. The minimum absolute atomic E-state index is 0.0128. The van der Waals surface area contributed by atoms with Crippen LogP contribution in [-0.2, 0) is 4.79 Å². The molecule has 1 amide bonds. The van der Waals surface area contributed by atoms with Crippen molar-refractivity contribution in [2.24, 2.45) is 5.92 Å². The van der Waals surface area contributed by atoms with Crippen LogP contribution in [0.4, 0.5) is 10.1 Å². The van der Waals surface area contributed by atoms with E-state index in [1.165, 1.54) is 6.07 Å². The summed E-state index contributed by atoms with van der Waals surface area (Å²) in [6.45, 7) is 2.67. The standard InChI is InChI=1S/C21H23FN2O/c22-18-8-4-5-9-19(18)23-12-14-24(15-13-23)21(25)20(17-10-11-17)16-6-2-1-3-7-16/h1-9,17,20H,10-15H2. The normalized spacial score (nSPS) is 18.9. The summed E-state index contributed by atoms with van der Waals surface area (Å²) >= 11 is 0. The third kappa shape index (κ3) is 3.39. The van der Waals surface area contributed by atoms with Crippen molar-refractivity contribution in [1.29, 1.82) is 0 Å². The quantitative estimate of drug-likeness (QED) is 0.849. The topological polar surface area (TPSA) is 23.6 Å². The van der Waals surface area contributed by atoms with Gasteiger partial charge in [-0.05, 0) is 36.5 Å². The van der Waals surface area contributed by atoms with Gasteiger partial charge in [-0.1, -0.05) is 42.5 Å². The van der Waals surface area contributed by atoms with Crippen LogP contribution in [0.25, 0.3) is 0 Å². The summed E-state index contributed by atoms with van der Waals surface area (Å²) in [7, 11) is 0. The van der Waals surface area contributed by atoms with E-state index in [9.17, 15) is 9.18 Å². The predicted octanol–water partition coefficient (Wildman–Crippen LogP) is 3.67. The van der Waals surface area contributed by atoms with E-state index < -0.39 is 0 Å². The van der Waals surface area contributed by atoms with E-state index in [0.717, 1.165) is 18.4 Å². The molecule has 1 aliphatic carbocycles. The number of para-hydroxylation sites is 1. The molecule has 2 fully saturated rings. The van der Waals surface area contributed by atoms with E-state index in [-0.39, 0.29) is 17.6 Å². The summed E-state index contributed by atoms with van der Waals surface area (Å²) in [5.74, 6) is 0.519. The molecule has 25 heavy (non-hydrogen) atoms. The van der Waals surface area contributed by atoms with Crippen molar-refractivity contribution < 1.29 is 9.18 Å². The number of nitrogens with zero attached hydrogens (tertiary/aromatic N) is 2. The van der Waals surface area contributed by atoms with Crippen LogP contribution in [0.3, 0.4) is 0 Å². The summed E-state index contributed by atoms with van der Waals surface area (Å²) < 4.78 is 14.0. The highest BCUT2D eigenvalue weighted by molar-refractivity contribution is 5.84. The molecular weight excluding hydrogens is 315 g/mol. The first-order valence-corrected chi connectivity index (χ1v) is 9.07. The highest BCUT2D eigenvalue weighted by atomic mass is 19.1. The van der Waals surface area contributed by atoms with Gasteiger partial charge in [-0.25, -0.2) is 4.39 Å². The number of benzene rings is 2. The van der Waals surface area contributed by atoms with E-state index in [4.69, 9.17) is 0 Å². The first kappa shape index (κ1) is 16.1. The number of piperazine rings is 1. The third-order valence-electron chi connectivity index (χ3n) is 5.30. The molecule has 0 spiro atoms. The molecule has 0 N–H and O–H groups in total. The molecular formula is C21H23FN2O. The number of anilines is 1. The molecule has 1 saturated heterocycles. The van der Waals surface area contributed by atoms with Gasteiger partial charge < -0.3 is 9.80 Å². The number of hydrogen-bond acceptors (Lipinski definition) is 2. The minimum atomic E-state index is -0.192. The molecule has 1 aliphatic heterocycles. The number of amides is 1. The molecule has 0 aromatic heterocycles. The molecule has 1 saturated carbocycles. The Morgan fingerprint density at radius 2 is 1.56 bits per heavy atom. The van der Waals surface area contributed by atoms with Gasteiger partial charge in [0.1, 0.15) is 5.82 Å². The van der Waals surface area contributed by atoms with Crippen LogP contribution in [0.15, 0.2) is 54.6 Å². The zero-order chi connectivity index (χ0) is 17.2. The van der Waals surface area contributed by atoms with E-state index in [1.807, 2.05) is 40.1 Å². The summed E-state index contributed by atoms with van der Waals surface area (Å²) in [5, 5.41) is 0. The Morgan fingerprint density at radius 3 is 2.20 bits per heavy atom. The number of halogens is 1. The fourth-order valence-corrected chi connectivity index (χ4v) is 3.78. The van der Waals surface area contributed by atoms with Crippen molar-refractivity contribution in [2.45, 2.75) is 18.8 Å². The van der Waals surface area contributed by atoms with Gasteiger partial charge in [0, 0.05) is 26.2 Å². The summed E-state index contributed by atoms with van der Waals surface area (Å²) in [5.41, 5.74) is 1.77. The lowest BCUT2D eigenvalue weighted by atomic mass is 9.92. The van der Waals surface area contributed by atoms with Gasteiger partial charge in [0.05, 0.1) is 11.6 Å². The zero-order valence-corrected chi connectivity index (χ0v) is 14.3. The lowest BCUT2D eigenvalue weighted by molar-refractivity contribution is -0.133. The summed E-state index contributed by atoms with van der Waals surface area (Å²) in [6.07, 6.45) is 2.28. The highest BCUT2D eigenvalue weighted by Crippen LogP contribution is 2.43. The molecule has 0 bridgehead atoms. The Hall–Kier alpha value is -2.36. The van der Waals surface area contributed by atoms with Crippen LogP contribution in [0.2, 0.25) is 0 Å². The molecule has 1 heterocycles. The number of carbonyl (C=O) groups excluding carboxylic acids is 1. The number of rotatable bonds is 4. The summed E-state index contributed by atoms with van der Waals surface area (Å²) in [4.78, 5) is 17.1. The first-order chi connectivity index (χ1) is 12.2. The predicted molar refractivity (Wildman–Crippen MR) is 97.1 cm³/mol. The van der Waals surface area contributed by atoms with Crippen molar-refractivity contribution in [2.75, 3.05) is 31.1 Å². The van der Waals surface area contributed by atoms with Crippen molar-refractivity contribution in [3.05, 3.63) is 66.0 Å². The summed E-state index contributed by atoms with van der Waals surface area (Å²) in [6, 6.07) is 17.0. The Kier molecular flexibility index (Phi) is 4.43. The fourth-order valence-electron chi connectivity index (χ4n) is 3.78. The number of carbonyl (C=O) groups is 1. The van der Waals surface area contributed by atoms with E-state index in [0.29, 0.717) is 37.8 Å². The minimum Gasteiger partial charge on any atom is -0.366 e. The largest absolute Gasteiger partial charge is 0.366 e. The molecule has 1 atom stereocenters. The van der Waals surface area contributed by atoms with E-state index in [1.54, 1.807) is 6.07 Å². The molecule has 3 nitrogen and oxygen atoms in total. The second-order valence-corrected chi connectivity index (χ2v) is 6.99. The van der Waals surface area contributed by atoms with Crippen LogP contribution < -0.4 is 4.90 Å². The second kappa shape index (κ2) is 6.87. The first-order valence-electron chi connectivity index (χ1n) is 9.07. The van der Waals surface area contributed by atoms with Gasteiger partial charge in [-0.3, -0.25) is 4.79 Å². The average Bonchev–Trinajstić information content (AvgIpc) is 3.48. The van der Waals surface area contributed by atoms with Crippen LogP contribution in [-0.4, -0.2) is 37.0 Å². The molecule has 4 rings (SSSR count). The van der Waals surface area contributed by atoms with Crippen LogP contribution >= 0.6 is 0 Å². The van der Waals surface area contributed by atoms with Gasteiger partial charge in [-0.15, -0.1) is 0 Å². The number of hydrogen-bond donors (Lipinski definition) is 0. The maximum Gasteiger partial charge on any atom is 0.230 e.